The summed E-state index contributed by atoms with van der Waals surface area (Å²) in [5, 5.41) is 6.98. The Kier molecular flexibility index (Phi) is 7.26. The van der Waals surface area contributed by atoms with Crippen LogP contribution in [0.4, 0.5) is 4.39 Å². The SMILES string of the molecule is B[C@@H]1O[C@H](COP(=O)(OC)OP(=O)(O)OP(=O)(O)O)[C@@H](O)[C@]1(F)Cl. The number of hydrogen-bond donors (Lipinski definition) is 4. The van der Waals surface area contributed by atoms with Gasteiger partial charge in [-0.1, -0.05) is 11.6 Å². The average Bonchev–Trinajstić information content (AvgIpc) is 2.56. The van der Waals surface area contributed by atoms with Crippen molar-refractivity contribution in [3.63, 3.8) is 0 Å². The lowest BCUT2D eigenvalue weighted by Crippen LogP contribution is -2.40. The lowest BCUT2D eigenvalue weighted by molar-refractivity contribution is -0.00812. The molecular formula is C6H14BClFO12P3. The van der Waals surface area contributed by atoms with Gasteiger partial charge in [0, 0.05) is 7.11 Å². The molecule has 18 heteroatoms. The van der Waals surface area contributed by atoms with Crippen LogP contribution in [0.25, 0.3) is 0 Å². The summed E-state index contributed by atoms with van der Waals surface area (Å²) in [6, 6.07) is -1.26. The first-order valence-corrected chi connectivity index (χ1v) is 10.8. The van der Waals surface area contributed by atoms with Gasteiger partial charge in [0.05, 0.1) is 12.6 Å². The van der Waals surface area contributed by atoms with Crippen molar-refractivity contribution >= 4 is 42.9 Å². The molecule has 2 unspecified atom stereocenters. The zero-order chi connectivity index (χ0) is 19.0. The van der Waals surface area contributed by atoms with E-state index < -0.39 is 53.4 Å². The van der Waals surface area contributed by atoms with Gasteiger partial charge in [-0.3, -0.25) is 9.05 Å². The molecule has 0 aromatic heterocycles. The summed E-state index contributed by atoms with van der Waals surface area (Å²) in [6.45, 7) is -0.856. The number of phosphoric acid groups is 3. The molecule has 0 spiro atoms. The molecule has 24 heavy (non-hydrogen) atoms. The van der Waals surface area contributed by atoms with E-state index in [-0.39, 0.29) is 0 Å². The summed E-state index contributed by atoms with van der Waals surface area (Å²) < 4.78 is 68.8. The molecule has 1 heterocycles. The van der Waals surface area contributed by atoms with Crippen molar-refractivity contribution < 1.29 is 60.3 Å². The van der Waals surface area contributed by atoms with Crippen LogP contribution in [0.1, 0.15) is 0 Å². The first-order valence-electron chi connectivity index (χ1n) is 5.94. The van der Waals surface area contributed by atoms with E-state index in [0.717, 1.165) is 0 Å². The number of aliphatic hydroxyl groups excluding tert-OH is 1. The molecule has 0 radical (unpaired) electrons. The molecule has 12 nitrogen and oxygen atoms in total. The highest BCUT2D eigenvalue weighted by Gasteiger charge is 2.54. The van der Waals surface area contributed by atoms with E-state index in [2.05, 4.69) is 17.7 Å². The summed E-state index contributed by atoms with van der Waals surface area (Å²) >= 11 is 5.41. The third-order valence-electron chi connectivity index (χ3n) is 2.70. The van der Waals surface area contributed by atoms with E-state index >= 15 is 0 Å². The summed E-state index contributed by atoms with van der Waals surface area (Å²) in [5.41, 5.74) is 0. The predicted octanol–water partition coefficient (Wildman–Crippen LogP) is -0.393. The average molecular weight is 436 g/mol. The number of aliphatic hydroxyl groups is 1. The molecule has 0 aliphatic carbocycles. The Balaban J connectivity index is 2.75. The van der Waals surface area contributed by atoms with Crippen LogP contribution < -0.4 is 0 Å². The molecule has 4 N–H and O–H groups in total. The Bertz CT molecular complexity index is 597. The maximum atomic E-state index is 13.8. The van der Waals surface area contributed by atoms with E-state index in [1.165, 1.54) is 7.85 Å². The van der Waals surface area contributed by atoms with Crippen LogP contribution in [-0.2, 0) is 36.1 Å². The highest BCUT2D eigenvalue weighted by atomic mass is 35.5. The van der Waals surface area contributed by atoms with Crippen molar-refractivity contribution in [2.24, 2.45) is 0 Å². The molecule has 0 aromatic rings. The number of hydrogen-bond acceptors (Lipinski definition) is 9. The van der Waals surface area contributed by atoms with Crippen molar-refractivity contribution in [2.45, 2.75) is 23.3 Å². The summed E-state index contributed by atoms with van der Waals surface area (Å²) in [6.07, 6.45) is -3.33. The monoisotopic (exact) mass is 436 g/mol. The van der Waals surface area contributed by atoms with Crippen molar-refractivity contribution in [1.29, 1.82) is 0 Å². The molecule has 1 fully saturated rings. The minimum Gasteiger partial charge on any atom is -0.386 e. The third kappa shape index (κ3) is 6.10. The smallest absolute Gasteiger partial charge is 0.386 e. The molecule has 0 amide bonds. The molecule has 1 aliphatic heterocycles. The molecule has 0 bridgehead atoms. The quantitative estimate of drug-likeness (QED) is 0.220. The number of alkyl halides is 2. The van der Waals surface area contributed by atoms with Gasteiger partial charge in [0.15, 0.2) is 0 Å². The fourth-order valence-electron chi connectivity index (χ4n) is 1.60. The highest BCUT2D eigenvalue weighted by molar-refractivity contribution is 7.66. The lowest BCUT2D eigenvalue weighted by Gasteiger charge is -2.22. The van der Waals surface area contributed by atoms with Crippen LogP contribution >= 0.6 is 35.1 Å². The molecule has 0 saturated carbocycles. The number of halogens is 2. The topological polar surface area (TPSA) is 178 Å². The minimum atomic E-state index is -5.55. The fraction of sp³-hybridized carbons (Fsp3) is 1.00. The lowest BCUT2D eigenvalue weighted by atomic mass is 9.93. The van der Waals surface area contributed by atoms with E-state index in [4.69, 9.17) is 31.0 Å². The fourth-order valence-corrected chi connectivity index (χ4v) is 5.15. The summed E-state index contributed by atoms with van der Waals surface area (Å²) in [4.78, 5) is 26.0. The maximum Gasteiger partial charge on any atom is 0.490 e. The van der Waals surface area contributed by atoms with Crippen LogP contribution in [-0.4, -0.2) is 64.7 Å². The van der Waals surface area contributed by atoms with Crippen LogP contribution in [0.15, 0.2) is 0 Å². The Labute approximate surface area is 141 Å². The van der Waals surface area contributed by atoms with Crippen molar-refractivity contribution in [3.05, 3.63) is 0 Å². The van der Waals surface area contributed by atoms with Crippen LogP contribution in [0.3, 0.4) is 0 Å². The largest absolute Gasteiger partial charge is 0.490 e. The molecule has 0 aromatic carbocycles. The Hall–Kier alpha value is 0.615. The van der Waals surface area contributed by atoms with E-state index in [1.807, 2.05) is 0 Å². The van der Waals surface area contributed by atoms with Crippen LogP contribution in [0, 0.1) is 0 Å². The Morgan fingerprint density at radius 2 is 1.83 bits per heavy atom. The summed E-state index contributed by atoms with van der Waals surface area (Å²) in [7, 11) is -14.0. The predicted molar refractivity (Wildman–Crippen MR) is 77.5 cm³/mol. The first kappa shape index (κ1) is 22.7. The normalized spacial score (nSPS) is 36.2. The second kappa shape index (κ2) is 7.70. The van der Waals surface area contributed by atoms with E-state index in [1.54, 1.807) is 0 Å². The van der Waals surface area contributed by atoms with Gasteiger partial charge in [-0.15, -0.1) is 0 Å². The second-order valence-corrected chi connectivity index (χ2v) is 9.81. The molecule has 1 rings (SSSR count). The zero-order valence-corrected chi connectivity index (χ0v) is 15.5. The van der Waals surface area contributed by atoms with Crippen LogP contribution in [0.2, 0.25) is 0 Å². The minimum absolute atomic E-state index is 0.716. The second-order valence-electron chi connectivity index (χ2n) is 4.48. The van der Waals surface area contributed by atoms with Gasteiger partial charge in [0.25, 0.3) is 0 Å². The molecular weight excluding hydrogens is 422 g/mol. The van der Waals surface area contributed by atoms with Gasteiger partial charge < -0.3 is 24.5 Å². The number of rotatable bonds is 8. The molecule has 1 saturated heterocycles. The van der Waals surface area contributed by atoms with E-state index in [0.29, 0.717) is 7.11 Å². The molecule has 6 atom stereocenters. The number of phosphoric ester groups is 1. The zero-order valence-electron chi connectivity index (χ0n) is 12.1. The standard InChI is InChI=1S/C6H14BClFO12P3/c1-17-24(16,21-23(14,15)20-22(11,12)13)18-2-3-4(10)6(8,9)5(7)19-3/h3-5,10H,2,7H2,1H3,(H,14,15)(H2,11,12,13)/t3-,4-,5-,6-,24?/m1/s1. The van der Waals surface area contributed by atoms with Gasteiger partial charge in [0.2, 0.25) is 5.13 Å². The van der Waals surface area contributed by atoms with Gasteiger partial charge in [-0.2, -0.15) is 8.62 Å². The molecule has 1 aliphatic rings. The van der Waals surface area contributed by atoms with Crippen molar-refractivity contribution in [2.75, 3.05) is 13.7 Å². The third-order valence-corrected chi connectivity index (χ3v) is 7.45. The molecule has 142 valence electrons. The maximum absolute atomic E-state index is 13.8. The Morgan fingerprint density at radius 3 is 2.21 bits per heavy atom. The Morgan fingerprint density at radius 1 is 1.29 bits per heavy atom. The first-order chi connectivity index (χ1) is 10.6. The van der Waals surface area contributed by atoms with Gasteiger partial charge in [-0.05, 0) is 0 Å². The van der Waals surface area contributed by atoms with Gasteiger partial charge in [-0.25, -0.2) is 18.1 Å². The van der Waals surface area contributed by atoms with Gasteiger partial charge >= 0.3 is 23.5 Å². The van der Waals surface area contributed by atoms with Gasteiger partial charge in [0.1, 0.15) is 20.1 Å². The van der Waals surface area contributed by atoms with E-state index in [9.17, 15) is 23.2 Å². The van der Waals surface area contributed by atoms with Crippen LogP contribution in [0.5, 0.6) is 0 Å². The number of ether oxygens (including phenoxy) is 1. The van der Waals surface area contributed by atoms with Crippen molar-refractivity contribution in [3.8, 4) is 0 Å². The summed E-state index contributed by atoms with van der Waals surface area (Å²) in [5.74, 6) is 0. The van der Waals surface area contributed by atoms with Crippen molar-refractivity contribution in [1.82, 2.24) is 0 Å². The highest BCUT2D eigenvalue weighted by Crippen LogP contribution is 2.68.